The Morgan fingerprint density at radius 3 is 3.00 bits per heavy atom. The van der Waals surface area contributed by atoms with Gasteiger partial charge in [-0.15, -0.1) is 11.3 Å². The zero-order chi connectivity index (χ0) is 13.8. The van der Waals surface area contributed by atoms with E-state index in [4.69, 9.17) is 5.11 Å². The molecule has 0 unspecified atom stereocenters. The van der Waals surface area contributed by atoms with Crippen molar-refractivity contribution in [3.05, 3.63) is 34.3 Å². The third-order valence-electron chi connectivity index (χ3n) is 2.52. The second-order valence-corrected chi connectivity index (χ2v) is 4.82. The van der Waals surface area contributed by atoms with Gasteiger partial charge in [0.2, 0.25) is 0 Å². The van der Waals surface area contributed by atoms with Crippen LogP contribution in [0.15, 0.2) is 23.8 Å². The molecule has 0 radical (unpaired) electrons. The molecule has 0 aliphatic rings. The number of amides is 1. The Morgan fingerprint density at radius 1 is 1.53 bits per heavy atom. The Labute approximate surface area is 113 Å². The number of nitrogens with one attached hydrogen (secondary N) is 1. The third kappa shape index (κ3) is 3.19. The van der Waals surface area contributed by atoms with E-state index in [2.05, 4.69) is 10.4 Å². The number of anilines is 1. The van der Waals surface area contributed by atoms with E-state index in [1.54, 1.807) is 0 Å². The van der Waals surface area contributed by atoms with Crippen LogP contribution in [0.25, 0.3) is 0 Å². The number of aromatic nitrogens is 2. The zero-order valence-corrected chi connectivity index (χ0v) is 11.1. The summed E-state index contributed by atoms with van der Waals surface area (Å²) in [7, 11) is 0. The Kier molecular flexibility index (Phi) is 3.96. The lowest BCUT2D eigenvalue weighted by atomic mass is 10.2. The highest BCUT2D eigenvalue weighted by Gasteiger charge is 2.13. The van der Waals surface area contributed by atoms with Crippen molar-refractivity contribution in [3.8, 4) is 0 Å². The molecule has 2 aromatic rings. The van der Waals surface area contributed by atoms with Crippen molar-refractivity contribution in [1.82, 2.24) is 9.78 Å². The zero-order valence-electron chi connectivity index (χ0n) is 10.3. The fraction of sp³-hybridized carbons (Fsp3) is 0.250. The van der Waals surface area contributed by atoms with E-state index in [1.807, 2.05) is 18.4 Å². The predicted octanol–water partition coefficient (Wildman–Crippen LogP) is 1.84. The van der Waals surface area contributed by atoms with Crippen LogP contribution in [0.4, 0.5) is 5.69 Å². The molecule has 0 saturated carbocycles. The molecule has 19 heavy (non-hydrogen) atoms. The smallest absolute Gasteiger partial charge is 0.325 e. The van der Waals surface area contributed by atoms with Crippen LogP contribution >= 0.6 is 11.3 Å². The molecule has 100 valence electrons. The average molecular weight is 279 g/mol. The summed E-state index contributed by atoms with van der Waals surface area (Å²) in [5, 5.41) is 17.1. The third-order valence-corrected chi connectivity index (χ3v) is 3.48. The fourth-order valence-electron chi connectivity index (χ4n) is 1.65. The van der Waals surface area contributed by atoms with Gasteiger partial charge < -0.3 is 10.4 Å². The molecule has 2 N–H and O–H groups in total. The van der Waals surface area contributed by atoms with Gasteiger partial charge in [0, 0.05) is 6.20 Å². The number of carbonyl (C=O) groups is 2. The Balaban J connectivity index is 2.07. The number of hydrogen-bond acceptors (Lipinski definition) is 4. The van der Waals surface area contributed by atoms with E-state index >= 15 is 0 Å². The van der Waals surface area contributed by atoms with Crippen molar-refractivity contribution in [2.45, 2.75) is 19.9 Å². The molecule has 6 nitrogen and oxygen atoms in total. The number of aliphatic carboxylic acids is 1. The van der Waals surface area contributed by atoms with Gasteiger partial charge in [0.15, 0.2) is 0 Å². The van der Waals surface area contributed by atoms with Crippen LogP contribution in [-0.2, 0) is 17.8 Å². The van der Waals surface area contributed by atoms with Crippen molar-refractivity contribution in [1.29, 1.82) is 0 Å². The number of hydrogen-bond donors (Lipinski definition) is 2. The molecule has 0 saturated heterocycles. The molecule has 0 aromatic carbocycles. The Morgan fingerprint density at radius 2 is 2.32 bits per heavy atom. The number of carboxylic acids is 1. The summed E-state index contributed by atoms with van der Waals surface area (Å²) >= 11 is 1.39. The van der Waals surface area contributed by atoms with Crippen LogP contribution in [0.3, 0.4) is 0 Å². The van der Waals surface area contributed by atoms with Gasteiger partial charge in [-0.1, -0.05) is 6.92 Å². The molecule has 2 aromatic heterocycles. The van der Waals surface area contributed by atoms with Gasteiger partial charge in [0.05, 0.1) is 16.8 Å². The van der Waals surface area contributed by atoms with Crippen molar-refractivity contribution < 1.29 is 14.7 Å². The molecule has 2 heterocycles. The Bertz CT molecular complexity index is 603. The number of nitrogens with zero attached hydrogens (tertiary/aromatic N) is 2. The molecule has 0 bridgehead atoms. The van der Waals surface area contributed by atoms with Crippen LogP contribution in [0.5, 0.6) is 0 Å². The van der Waals surface area contributed by atoms with E-state index in [0.717, 1.165) is 12.0 Å². The fourth-order valence-corrected chi connectivity index (χ4v) is 2.54. The van der Waals surface area contributed by atoms with Crippen molar-refractivity contribution in [2.24, 2.45) is 0 Å². The molecule has 7 heteroatoms. The normalized spacial score (nSPS) is 10.4. The van der Waals surface area contributed by atoms with Gasteiger partial charge in [-0.05, 0) is 23.4 Å². The minimum atomic E-state index is -0.979. The van der Waals surface area contributed by atoms with Gasteiger partial charge in [-0.25, -0.2) is 0 Å². The highest BCUT2D eigenvalue weighted by atomic mass is 32.1. The SMILES string of the molecule is CCc1ccsc1C(=O)Nc1cnn(CC(=O)O)c1. The maximum atomic E-state index is 12.0. The Hall–Kier alpha value is -2.15. The van der Waals surface area contributed by atoms with E-state index in [-0.39, 0.29) is 12.5 Å². The number of carboxylic acid groups (broad SMARTS) is 1. The van der Waals surface area contributed by atoms with E-state index in [9.17, 15) is 9.59 Å². The second-order valence-electron chi connectivity index (χ2n) is 3.90. The quantitative estimate of drug-likeness (QED) is 0.874. The van der Waals surface area contributed by atoms with E-state index in [0.29, 0.717) is 10.6 Å². The predicted molar refractivity (Wildman–Crippen MR) is 71.5 cm³/mol. The van der Waals surface area contributed by atoms with Crippen LogP contribution in [-0.4, -0.2) is 26.8 Å². The molecule has 0 atom stereocenters. The topological polar surface area (TPSA) is 84.2 Å². The molecule has 0 spiro atoms. The van der Waals surface area contributed by atoms with Crippen LogP contribution in [0.1, 0.15) is 22.2 Å². The molecule has 2 rings (SSSR count). The lowest BCUT2D eigenvalue weighted by Crippen LogP contribution is -2.12. The second kappa shape index (κ2) is 5.66. The molecule has 0 fully saturated rings. The summed E-state index contributed by atoms with van der Waals surface area (Å²) in [4.78, 5) is 23.2. The largest absolute Gasteiger partial charge is 0.480 e. The highest BCUT2D eigenvalue weighted by molar-refractivity contribution is 7.12. The first-order valence-electron chi connectivity index (χ1n) is 5.72. The number of aryl methyl sites for hydroxylation is 1. The molecular weight excluding hydrogens is 266 g/mol. The van der Waals surface area contributed by atoms with E-state index in [1.165, 1.54) is 28.4 Å². The van der Waals surface area contributed by atoms with Crippen molar-refractivity contribution in [3.63, 3.8) is 0 Å². The van der Waals surface area contributed by atoms with Gasteiger partial charge in [-0.2, -0.15) is 5.10 Å². The minimum Gasteiger partial charge on any atom is -0.480 e. The van der Waals surface area contributed by atoms with Gasteiger partial charge in [0.25, 0.3) is 5.91 Å². The van der Waals surface area contributed by atoms with Gasteiger partial charge in [-0.3, -0.25) is 14.3 Å². The van der Waals surface area contributed by atoms with Crippen LogP contribution in [0.2, 0.25) is 0 Å². The maximum Gasteiger partial charge on any atom is 0.325 e. The average Bonchev–Trinajstić information content (AvgIpc) is 2.96. The molecular formula is C12H13N3O3S. The lowest BCUT2D eigenvalue weighted by molar-refractivity contribution is -0.137. The minimum absolute atomic E-state index is 0.193. The summed E-state index contributed by atoms with van der Waals surface area (Å²) in [5.74, 6) is -1.17. The number of rotatable bonds is 5. The van der Waals surface area contributed by atoms with Crippen molar-refractivity contribution >= 4 is 28.9 Å². The van der Waals surface area contributed by atoms with Gasteiger partial charge in [0.1, 0.15) is 6.54 Å². The van der Waals surface area contributed by atoms with Crippen molar-refractivity contribution in [2.75, 3.05) is 5.32 Å². The summed E-state index contributed by atoms with van der Waals surface area (Å²) in [6.45, 7) is 1.76. The standard InChI is InChI=1S/C12H13N3O3S/c1-2-8-3-4-19-11(8)12(18)14-9-5-13-15(6-9)7-10(16)17/h3-6H,2,7H2,1H3,(H,14,18)(H,16,17). The first-order chi connectivity index (χ1) is 9.10. The highest BCUT2D eigenvalue weighted by Crippen LogP contribution is 2.19. The summed E-state index contributed by atoms with van der Waals surface area (Å²) in [6.07, 6.45) is 3.72. The molecule has 1 amide bonds. The summed E-state index contributed by atoms with van der Waals surface area (Å²) in [6, 6.07) is 1.92. The van der Waals surface area contributed by atoms with E-state index < -0.39 is 5.97 Å². The van der Waals surface area contributed by atoms with Crippen LogP contribution < -0.4 is 5.32 Å². The monoisotopic (exact) mass is 279 g/mol. The van der Waals surface area contributed by atoms with Crippen LogP contribution in [0, 0.1) is 0 Å². The summed E-state index contributed by atoms with van der Waals surface area (Å²) in [5.41, 5.74) is 1.49. The lowest BCUT2D eigenvalue weighted by Gasteiger charge is -2.02. The van der Waals surface area contributed by atoms with Gasteiger partial charge >= 0.3 is 5.97 Å². The molecule has 0 aliphatic heterocycles. The first kappa shape index (κ1) is 13.3. The summed E-state index contributed by atoms with van der Waals surface area (Å²) < 4.78 is 1.26. The number of thiophene rings is 1. The maximum absolute atomic E-state index is 12.0. The first-order valence-corrected chi connectivity index (χ1v) is 6.60. The molecule has 0 aliphatic carbocycles. The number of carbonyl (C=O) groups excluding carboxylic acids is 1.